The van der Waals surface area contributed by atoms with Crippen LogP contribution < -0.4 is 5.32 Å². The van der Waals surface area contributed by atoms with Crippen LogP contribution in [0.25, 0.3) is 0 Å². The molecule has 1 nitrogen and oxygen atoms in total. The molecule has 0 saturated carbocycles. The van der Waals surface area contributed by atoms with Crippen molar-refractivity contribution in [2.24, 2.45) is 5.92 Å². The number of hydrogen-bond acceptors (Lipinski definition) is 1. The van der Waals surface area contributed by atoms with Crippen LogP contribution >= 0.6 is 0 Å². The molecule has 0 radical (unpaired) electrons. The van der Waals surface area contributed by atoms with Gasteiger partial charge in [0.25, 0.3) is 0 Å². The quantitative estimate of drug-likeness (QED) is 0.803. The number of likely N-dealkylation sites (N-methyl/N-ethyl adjacent to an activating group) is 1. The first kappa shape index (κ1) is 14.1. The smallest absolute Gasteiger partial charge is 0.126 e. The maximum atomic E-state index is 13.5. The molecule has 17 heavy (non-hydrogen) atoms. The van der Waals surface area contributed by atoms with Crippen molar-refractivity contribution in [2.45, 2.75) is 39.7 Å². The molecule has 0 fully saturated rings. The molecule has 1 unspecified atom stereocenters. The summed E-state index contributed by atoms with van der Waals surface area (Å²) >= 11 is 0. The fraction of sp³-hybridized carbons (Fsp3) is 0.571. The Labute approximate surface area is 102 Å². The highest BCUT2D eigenvalue weighted by atomic mass is 19.1. The Morgan fingerprint density at radius 2 is 1.94 bits per heavy atom. The van der Waals surface area contributed by atoms with Gasteiger partial charge in [-0.1, -0.05) is 20.8 Å². The van der Waals surface area contributed by atoms with Crippen LogP contribution in [0.15, 0.2) is 18.2 Å². The first-order valence-electron chi connectivity index (χ1n) is 6.20. The van der Waals surface area contributed by atoms with Gasteiger partial charge in [-0.2, -0.15) is 0 Å². The first-order chi connectivity index (χ1) is 8.02. The lowest BCUT2D eigenvalue weighted by molar-refractivity contribution is 0.418. The van der Waals surface area contributed by atoms with Crippen molar-refractivity contribution >= 4 is 0 Å². The fourth-order valence-corrected chi connectivity index (χ4v) is 2.06. The minimum Gasteiger partial charge on any atom is -0.314 e. The molecule has 96 valence electrons. The van der Waals surface area contributed by atoms with E-state index in [0.717, 1.165) is 19.0 Å². The Balaban J connectivity index is 2.74. The van der Waals surface area contributed by atoms with Gasteiger partial charge in [0.15, 0.2) is 0 Å². The summed E-state index contributed by atoms with van der Waals surface area (Å²) in [5.74, 6) is -0.157. The van der Waals surface area contributed by atoms with E-state index in [-0.39, 0.29) is 17.7 Å². The summed E-state index contributed by atoms with van der Waals surface area (Å²) in [4.78, 5) is 0. The second-order valence-corrected chi connectivity index (χ2v) is 4.82. The van der Waals surface area contributed by atoms with Crippen LogP contribution in [0.5, 0.6) is 0 Å². The standard InChI is InChI=1S/C14H21F2N/c1-4-17-13(7-10(2)3)9-11-8-12(15)5-6-14(11)16/h5-6,8,10,13,17H,4,7,9H2,1-3H3. The molecule has 0 aliphatic rings. The number of halogens is 2. The second-order valence-electron chi connectivity index (χ2n) is 4.82. The summed E-state index contributed by atoms with van der Waals surface area (Å²) in [5.41, 5.74) is 0.455. The van der Waals surface area contributed by atoms with Crippen LogP contribution in [0, 0.1) is 17.6 Å². The SMILES string of the molecule is CCNC(Cc1cc(F)ccc1F)CC(C)C. The van der Waals surface area contributed by atoms with Gasteiger partial charge in [0, 0.05) is 6.04 Å². The van der Waals surface area contributed by atoms with Crippen molar-refractivity contribution in [1.29, 1.82) is 0 Å². The fourth-order valence-electron chi connectivity index (χ4n) is 2.06. The van der Waals surface area contributed by atoms with Gasteiger partial charge in [-0.15, -0.1) is 0 Å². The van der Waals surface area contributed by atoms with Crippen LogP contribution in [0.3, 0.4) is 0 Å². The molecule has 1 atom stereocenters. The third-order valence-corrected chi connectivity index (χ3v) is 2.72. The summed E-state index contributed by atoms with van der Waals surface area (Å²) < 4.78 is 26.6. The Morgan fingerprint density at radius 3 is 2.53 bits per heavy atom. The van der Waals surface area contributed by atoms with Gasteiger partial charge in [-0.3, -0.25) is 0 Å². The third-order valence-electron chi connectivity index (χ3n) is 2.72. The molecule has 0 bridgehead atoms. The second kappa shape index (κ2) is 6.70. The molecule has 0 amide bonds. The van der Waals surface area contributed by atoms with E-state index in [1.54, 1.807) is 0 Å². The van der Waals surface area contributed by atoms with Gasteiger partial charge in [0.05, 0.1) is 0 Å². The Bertz CT molecular complexity index is 350. The van der Waals surface area contributed by atoms with Gasteiger partial charge in [0.1, 0.15) is 11.6 Å². The molecule has 0 aromatic heterocycles. The lowest BCUT2D eigenvalue weighted by Crippen LogP contribution is -2.32. The lowest BCUT2D eigenvalue weighted by Gasteiger charge is -2.20. The predicted molar refractivity (Wildman–Crippen MR) is 67.0 cm³/mol. The van der Waals surface area contributed by atoms with Crippen LogP contribution in [-0.2, 0) is 6.42 Å². The molecule has 0 spiro atoms. The molecular weight excluding hydrogens is 220 g/mol. The largest absolute Gasteiger partial charge is 0.314 e. The number of nitrogens with one attached hydrogen (secondary N) is 1. The van der Waals surface area contributed by atoms with Crippen molar-refractivity contribution < 1.29 is 8.78 Å². The van der Waals surface area contributed by atoms with E-state index in [1.165, 1.54) is 12.1 Å². The minimum absolute atomic E-state index is 0.205. The van der Waals surface area contributed by atoms with E-state index in [0.29, 0.717) is 17.9 Å². The zero-order chi connectivity index (χ0) is 12.8. The Kier molecular flexibility index (Phi) is 5.56. The molecular formula is C14H21F2N. The van der Waals surface area contributed by atoms with Crippen molar-refractivity contribution in [1.82, 2.24) is 5.32 Å². The Hall–Kier alpha value is -0.960. The summed E-state index contributed by atoms with van der Waals surface area (Å²) in [7, 11) is 0. The van der Waals surface area contributed by atoms with Gasteiger partial charge < -0.3 is 5.32 Å². The zero-order valence-electron chi connectivity index (χ0n) is 10.8. The maximum Gasteiger partial charge on any atom is 0.126 e. The van der Waals surface area contributed by atoms with Crippen molar-refractivity contribution in [3.8, 4) is 0 Å². The summed E-state index contributed by atoms with van der Waals surface area (Å²) in [6.45, 7) is 7.13. The lowest BCUT2D eigenvalue weighted by atomic mass is 9.97. The van der Waals surface area contributed by atoms with Crippen LogP contribution in [0.1, 0.15) is 32.8 Å². The number of rotatable bonds is 6. The molecule has 0 saturated heterocycles. The minimum atomic E-state index is -0.374. The molecule has 0 heterocycles. The van der Waals surface area contributed by atoms with Crippen LogP contribution in [0.4, 0.5) is 8.78 Å². The van der Waals surface area contributed by atoms with E-state index < -0.39 is 0 Å². The molecule has 1 aromatic rings. The summed E-state index contributed by atoms with van der Waals surface area (Å²) in [6, 6.07) is 3.85. The number of hydrogen-bond donors (Lipinski definition) is 1. The first-order valence-corrected chi connectivity index (χ1v) is 6.20. The molecule has 1 aromatic carbocycles. The third kappa shape index (κ3) is 4.82. The highest BCUT2D eigenvalue weighted by Gasteiger charge is 2.13. The molecule has 1 rings (SSSR count). The van der Waals surface area contributed by atoms with Crippen LogP contribution in [0.2, 0.25) is 0 Å². The van der Waals surface area contributed by atoms with Gasteiger partial charge in [-0.25, -0.2) is 8.78 Å². The molecule has 3 heteroatoms. The average Bonchev–Trinajstić information content (AvgIpc) is 2.23. The maximum absolute atomic E-state index is 13.5. The Morgan fingerprint density at radius 1 is 1.24 bits per heavy atom. The topological polar surface area (TPSA) is 12.0 Å². The van der Waals surface area contributed by atoms with E-state index >= 15 is 0 Å². The van der Waals surface area contributed by atoms with Gasteiger partial charge in [-0.05, 0) is 49.1 Å². The normalized spacial score (nSPS) is 13.1. The highest BCUT2D eigenvalue weighted by Crippen LogP contribution is 2.15. The molecule has 0 aliphatic heterocycles. The van der Waals surface area contributed by atoms with Crippen molar-refractivity contribution in [2.75, 3.05) is 6.54 Å². The van der Waals surface area contributed by atoms with Gasteiger partial charge in [0.2, 0.25) is 0 Å². The van der Waals surface area contributed by atoms with E-state index in [9.17, 15) is 8.78 Å². The van der Waals surface area contributed by atoms with Crippen LogP contribution in [-0.4, -0.2) is 12.6 Å². The number of benzene rings is 1. The summed E-state index contributed by atoms with van der Waals surface area (Å²) in [6.07, 6.45) is 1.50. The van der Waals surface area contributed by atoms with Gasteiger partial charge >= 0.3 is 0 Å². The van der Waals surface area contributed by atoms with E-state index in [1.807, 2.05) is 6.92 Å². The predicted octanol–water partition coefficient (Wildman–Crippen LogP) is 3.53. The van der Waals surface area contributed by atoms with Crippen molar-refractivity contribution in [3.63, 3.8) is 0 Å². The van der Waals surface area contributed by atoms with Crippen molar-refractivity contribution in [3.05, 3.63) is 35.4 Å². The van der Waals surface area contributed by atoms with E-state index in [4.69, 9.17) is 0 Å². The highest BCUT2D eigenvalue weighted by molar-refractivity contribution is 5.19. The summed E-state index contributed by atoms with van der Waals surface area (Å²) in [5, 5.41) is 3.32. The molecule has 0 aliphatic carbocycles. The average molecular weight is 241 g/mol. The van der Waals surface area contributed by atoms with E-state index in [2.05, 4.69) is 19.2 Å². The zero-order valence-corrected chi connectivity index (χ0v) is 10.8. The molecule has 1 N–H and O–H groups in total. The monoisotopic (exact) mass is 241 g/mol.